The summed E-state index contributed by atoms with van der Waals surface area (Å²) in [4.78, 5) is 21.6. The smallest absolute Gasteiger partial charge is 0.308 e. The Kier molecular flexibility index (Phi) is 4.17. The van der Waals surface area contributed by atoms with Crippen molar-refractivity contribution in [3.05, 3.63) is 24.3 Å². The maximum atomic E-state index is 10.6. The molecule has 0 atom stereocenters. The molecular formula is C10H9O4S-. The first-order valence-corrected chi connectivity index (χ1v) is 5.17. The molecule has 0 saturated carbocycles. The molecule has 80 valence electrons. The van der Waals surface area contributed by atoms with E-state index in [-0.39, 0.29) is 11.7 Å². The van der Waals surface area contributed by atoms with Crippen LogP contribution in [0.4, 0.5) is 0 Å². The molecule has 0 N–H and O–H groups in total. The fourth-order valence-electron chi connectivity index (χ4n) is 0.912. The largest absolute Gasteiger partial charge is 0.549 e. The predicted molar refractivity (Wildman–Crippen MR) is 53.5 cm³/mol. The summed E-state index contributed by atoms with van der Waals surface area (Å²) in [6.07, 6.45) is 0. The zero-order valence-corrected chi connectivity index (χ0v) is 8.87. The summed E-state index contributed by atoms with van der Waals surface area (Å²) in [7, 11) is 0. The molecule has 1 rings (SSSR count). The van der Waals surface area contributed by atoms with Gasteiger partial charge in [-0.1, -0.05) is 0 Å². The summed E-state index contributed by atoms with van der Waals surface area (Å²) in [6, 6.07) is 6.59. The molecule has 15 heavy (non-hydrogen) atoms. The van der Waals surface area contributed by atoms with Crippen molar-refractivity contribution >= 4 is 23.7 Å². The van der Waals surface area contributed by atoms with Gasteiger partial charge in [0, 0.05) is 17.6 Å². The predicted octanol–water partition coefficient (Wildman–Crippen LogP) is 0.454. The molecule has 0 heterocycles. The fourth-order valence-corrected chi connectivity index (χ4v) is 1.53. The van der Waals surface area contributed by atoms with E-state index in [0.29, 0.717) is 5.75 Å². The zero-order chi connectivity index (χ0) is 11.3. The number of hydrogen-bond donors (Lipinski definition) is 0. The number of benzene rings is 1. The van der Waals surface area contributed by atoms with Gasteiger partial charge in [0.15, 0.2) is 0 Å². The highest BCUT2D eigenvalue weighted by Crippen LogP contribution is 2.20. The summed E-state index contributed by atoms with van der Waals surface area (Å²) in [5.41, 5.74) is 0. The number of carboxylic acid groups (broad SMARTS) is 1. The van der Waals surface area contributed by atoms with Gasteiger partial charge in [0.05, 0.1) is 5.97 Å². The van der Waals surface area contributed by atoms with Gasteiger partial charge in [0.1, 0.15) is 5.75 Å². The Labute approximate surface area is 91.2 Å². The minimum Gasteiger partial charge on any atom is -0.549 e. The van der Waals surface area contributed by atoms with Crippen molar-refractivity contribution in [1.29, 1.82) is 0 Å². The number of thioether (sulfide) groups is 1. The van der Waals surface area contributed by atoms with Crippen LogP contribution < -0.4 is 9.84 Å². The Bertz CT molecular complexity index is 358. The Morgan fingerprint density at radius 3 is 2.40 bits per heavy atom. The molecule has 0 aliphatic rings. The van der Waals surface area contributed by atoms with E-state index in [1.165, 1.54) is 6.92 Å². The van der Waals surface area contributed by atoms with Crippen LogP contribution in [0.2, 0.25) is 0 Å². The number of ether oxygens (including phenoxy) is 1. The van der Waals surface area contributed by atoms with Crippen LogP contribution in [0.1, 0.15) is 6.92 Å². The zero-order valence-electron chi connectivity index (χ0n) is 8.06. The van der Waals surface area contributed by atoms with Crippen molar-refractivity contribution in [1.82, 2.24) is 0 Å². The van der Waals surface area contributed by atoms with Gasteiger partial charge < -0.3 is 14.6 Å². The molecule has 4 nitrogen and oxygen atoms in total. The SMILES string of the molecule is CC(=O)Oc1ccc(SCC(=O)[O-])cc1. The molecule has 0 aromatic heterocycles. The Balaban J connectivity index is 2.56. The van der Waals surface area contributed by atoms with Crippen LogP contribution in [0, 0.1) is 0 Å². The summed E-state index contributed by atoms with van der Waals surface area (Å²) in [5.74, 6) is -1.14. The first-order chi connectivity index (χ1) is 7.08. The highest BCUT2D eigenvalue weighted by Gasteiger charge is 1.98. The molecule has 1 aromatic carbocycles. The molecule has 0 bridgehead atoms. The Morgan fingerprint density at radius 1 is 1.33 bits per heavy atom. The van der Waals surface area contributed by atoms with Gasteiger partial charge >= 0.3 is 5.97 Å². The summed E-state index contributed by atoms with van der Waals surface area (Å²) >= 11 is 1.15. The third-order valence-electron chi connectivity index (χ3n) is 1.44. The third kappa shape index (κ3) is 4.51. The molecular weight excluding hydrogens is 216 g/mol. The van der Waals surface area contributed by atoms with Crippen LogP contribution in [-0.4, -0.2) is 17.7 Å². The fraction of sp³-hybridized carbons (Fsp3) is 0.200. The second-order valence-corrected chi connectivity index (χ2v) is 3.77. The van der Waals surface area contributed by atoms with Crippen molar-refractivity contribution < 1.29 is 19.4 Å². The molecule has 1 aromatic rings. The molecule has 0 amide bonds. The van der Waals surface area contributed by atoms with Crippen LogP contribution in [0.3, 0.4) is 0 Å². The van der Waals surface area contributed by atoms with Crippen LogP contribution >= 0.6 is 11.8 Å². The molecule has 0 unspecified atom stereocenters. The lowest BCUT2D eigenvalue weighted by molar-refractivity contribution is -0.301. The number of carbonyl (C=O) groups excluding carboxylic acids is 2. The van der Waals surface area contributed by atoms with Crippen LogP contribution in [-0.2, 0) is 9.59 Å². The monoisotopic (exact) mass is 225 g/mol. The molecule has 0 aliphatic heterocycles. The second-order valence-electron chi connectivity index (χ2n) is 2.73. The van der Waals surface area contributed by atoms with E-state index in [1.54, 1.807) is 24.3 Å². The topological polar surface area (TPSA) is 66.4 Å². The lowest BCUT2D eigenvalue weighted by Gasteiger charge is -2.04. The van der Waals surface area contributed by atoms with Crippen LogP contribution in [0.5, 0.6) is 5.75 Å². The van der Waals surface area contributed by atoms with Gasteiger partial charge in [-0.3, -0.25) is 4.79 Å². The van der Waals surface area contributed by atoms with Crippen molar-refractivity contribution in [3.8, 4) is 5.75 Å². The van der Waals surface area contributed by atoms with Crippen molar-refractivity contribution in [2.75, 3.05) is 5.75 Å². The van der Waals surface area contributed by atoms with E-state index in [4.69, 9.17) is 4.74 Å². The van der Waals surface area contributed by atoms with Crippen molar-refractivity contribution in [2.45, 2.75) is 11.8 Å². The first kappa shape index (κ1) is 11.6. The highest BCUT2D eigenvalue weighted by atomic mass is 32.2. The quantitative estimate of drug-likeness (QED) is 0.423. The Morgan fingerprint density at radius 2 is 1.93 bits per heavy atom. The summed E-state index contributed by atoms with van der Waals surface area (Å²) in [5, 5.41) is 10.2. The van der Waals surface area contributed by atoms with Gasteiger partial charge in [-0.05, 0) is 24.3 Å². The maximum Gasteiger partial charge on any atom is 0.308 e. The van der Waals surface area contributed by atoms with Gasteiger partial charge in [0.2, 0.25) is 0 Å². The highest BCUT2D eigenvalue weighted by molar-refractivity contribution is 8.00. The number of carboxylic acids is 1. The first-order valence-electron chi connectivity index (χ1n) is 4.19. The minimum atomic E-state index is -1.11. The lowest BCUT2D eigenvalue weighted by atomic mass is 10.3. The van der Waals surface area contributed by atoms with Crippen molar-refractivity contribution in [3.63, 3.8) is 0 Å². The van der Waals surface area contributed by atoms with Crippen molar-refractivity contribution in [2.24, 2.45) is 0 Å². The summed E-state index contributed by atoms with van der Waals surface area (Å²) in [6.45, 7) is 1.32. The van der Waals surface area contributed by atoms with E-state index < -0.39 is 5.97 Å². The van der Waals surface area contributed by atoms with Gasteiger partial charge in [-0.15, -0.1) is 11.8 Å². The molecule has 0 spiro atoms. The van der Waals surface area contributed by atoms with E-state index >= 15 is 0 Å². The van der Waals surface area contributed by atoms with E-state index in [0.717, 1.165) is 16.7 Å². The molecule has 0 fully saturated rings. The normalized spacial score (nSPS) is 9.67. The standard InChI is InChI=1S/C10H10O4S/c1-7(11)14-8-2-4-9(5-3-8)15-6-10(12)13/h2-5H,6H2,1H3,(H,12,13)/p-1. The molecule has 0 saturated heterocycles. The number of carbonyl (C=O) groups is 2. The van der Waals surface area contributed by atoms with Crippen LogP contribution in [0.25, 0.3) is 0 Å². The number of rotatable bonds is 4. The average Bonchev–Trinajstić information content (AvgIpc) is 2.16. The third-order valence-corrected chi connectivity index (χ3v) is 2.43. The molecule has 0 aliphatic carbocycles. The van der Waals surface area contributed by atoms with Gasteiger partial charge in [-0.25, -0.2) is 0 Å². The lowest BCUT2D eigenvalue weighted by Crippen LogP contribution is -2.24. The number of esters is 1. The molecule has 5 heteroatoms. The maximum absolute atomic E-state index is 10.6. The average molecular weight is 225 g/mol. The minimum absolute atomic E-state index is 0.0904. The van der Waals surface area contributed by atoms with E-state index in [2.05, 4.69) is 0 Å². The second kappa shape index (κ2) is 5.41. The number of aliphatic carboxylic acids is 1. The van der Waals surface area contributed by atoms with E-state index in [9.17, 15) is 14.7 Å². The number of hydrogen-bond acceptors (Lipinski definition) is 5. The van der Waals surface area contributed by atoms with Gasteiger partial charge in [0.25, 0.3) is 0 Å². The van der Waals surface area contributed by atoms with Gasteiger partial charge in [-0.2, -0.15) is 0 Å². The van der Waals surface area contributed by atoms with E-state index in [1.807, 2.05) is 0 Å². The summed E-state index contributed by atoms with van der Waals surface area (Å²) < 4.78 is 4.82. The van der Waals surface area contributed by atoms with Crippen LogP contribution in [0.15, 0.2) is 29.2 Å². The molecule has 0 radical (unpaired) electrons. The Hall–Kier alpha value is -1.49.